The van der Waals surface area contributed by atoms with E-state index in [1.165, 1.54) is 12.4 Å². The smallest absolute Gasteiger partial charge is 0.373 e. The first-order valence-corrected chi connectivity index (χ1v) is 5.04. The Hall–Kier alpha value is -1.98. The first-order chi connectivity index (χ1) is 7.68. The number of nitrogens with zero attached hydrogens (tertiary/aromatic N) is 3. The van der Waals surface area contributed by atoms with E-state index in [1.54, 1.807) is 4.90 Å². The zero-order valence-electron chi connectivity index (χ0n) is 8.59. The highest BCUT2D eigenvalue weighted by molar-refractivity contribution is 5.93. The van der Waals surface area contributed by atoms with Gasteiger partial charge in [-0.25, -0.2) is 14.8 Å². The third-order valence-electron chi connectivity index (χ3n) is 2.46. The number of anilines is 1. The predicted molar refractivity (Wildman–Crippen MR) is 55.2 cm³/mol. The summed E-state index contributed by atoms with van der Waals surface area (Å²) < 4.78 is 0. The maximum atomic E-state index is 11.6. The number of amides is 1. The van der Waals surface area contributed by atoms with Crippen molar-refractivity contribution >= 4 is 17.6 Å². The first-order valence-electron chi connectivity index (χ1n) is 5.04. The molecule has 0 bridgehead atoms. The molecule has 84 valence electrons. The van der Waals surface area contributed by atoms with E-state index in [2.05, 4.69) is 9.97 Å². The number of carbonyl (C=O) groups is 2. The van der Waals surface area contributed by atoms with Crippen LogP contribution < -0.4 is 4.90 Å². The summed E-state index contributed by atoms with van der Waals surface area (Å²) in [5, 5.41) is 8.63. The van der Waals surface area contributed by atoms with E-state index in [1.807, 2.05) is 0 Å². The summed E-state index contributed by atoms with van der Waals surface area (Å²) >= 11 is 0. The van der Waals surface area contributed by atoms with Crippen LogP contribution in [0.25, 0.3) is 0 Å². The van der Waals surface area contributed by atoms with Gasteiger partial charge >= 0.3 is 5.97 Å². The summed E-state index contributed by atoms with van der Waals surface area (Å²) in [6.07, 6.45) is 5.13. The zero-order chi connectivity index (χ0) is 11.5. The zero-order valence-corrected chi connectivity index (χ0v) is 8.59. The Labute approximate surface area is 91.9 Å². The molecule has 1 aromatic rings. The van der Waals surface area contributed by atoms with Crippen molar-refractivity contribution in [2.45, 2.75) is 19.3 Å². The van der Waals surface area contributed by atoms with E-state index in [9.17, 15) is 9.59 Å². The fourth-order valence-corrected chi connectivity index (χ4v) is 1.65. The number of aromatic nitrogens is 2. The first kappa shape index (κ1) is 10.5. The minimum atomic E-state index is -1.17. The predicted octanol–water partition coefficient (Wildman–Crippen LogP) is 0.692. The minimum Gasteiger partial charge on any atom is -0.475 e. The van der Waals surface area contributed by atoms with Gasteiger partial charge in [-0.2, -0.15) is 0 Å². The molecule has 0 spiro atoms. The summed E-state index contributed by atoms with van der Waals surface area (Å²) in [5.74, 6) is -1.39. The molecule has 2 heterocycles. The van der Waals surface area contributed by atoms with Crippen molar-refractivity contribution in [3.05, 3.63) is 18.2 Å². The Bertz CT molecular complexity index is 416. The number of hydrogen-bond acceptors (Lipinski definition) is 4. The lowest BCUT2D eigenvalue weighted by molar-refractivity contribution is -0.119. The molecule has 6 nitrogen and oxygen atoms in total. The number of carbonyl (C=O) groups excluding carboxylic acids is 1. The van der Waals surface area contributed by atoms with Gasteiger partial charge in [0.25, 0.3) is 0 Å². The van der Waals surface area contributed by atoms with Gasteiger partial charge < -0.3 is 10.0 Å². The maximum Gasteiger partial charge on any atom is 0.373 e. The summed E-state index contributed by atoms with van der Waals surface area (Å²) in [5.41, 5.74) is 0.565. The number of carboxylic acids is 1. The van der Waals surface area contributed by atoms with Crippen LogP contribution >= 0.6 is 0 Å². The monoisotopic (exact) mass is 221 g/mol. The number of hydrogen-bond donors (Lipinski definition) is 1. The lowest BCUT2D eigenvalue weighted by Gasteiger charge is -2.25. The molecule has 1 N–H and O–H groups in total. The molecule has 16 heavy (non-hydrogen) atoms. The standard InChI is InChI=1S/C10H11N3O3/c14-8-3-1-2-4-13(8)7-5-11-9(10(15)16)12-6-7/h5-6H,1-4H2,(H,15,16). The Morgan fingerprint density at radius 3 is 2.56 bits per heavy atom. The number of piperidine rings is 1. The van der Waals surface area contributed by atoms with Crippen LogP contribution in [0.4, 0.5) is 5.69 Å². The van der Waals surface area contributed by atoms with Crippen molar-refractivity contribution in [1.82, 2.24) is 9.97 Å². The van der Waals surface area contributed by atoms with E-state index in [0.717, 1.165) is 12.8 Å². The number of aromatic carboxylic acids is 1. The normalized spacial score (nSPS) is 16.2. The van der Waals surface area contributed by atoms with Crippen molar-refractivity contribution in [3.8, 4) is 0 Å². The number of rotatable bonds is 2. The molecular weight excluding hydrogens is 210 g/mol. The van der Waals surface area contributed by atoms with Gasteiger partial charge in [0.1, 0.15) is 0 Å². The fraction of sp³-hybridized carbons (Fsp3) is 0.400. The second kappa shape index (κ2) is 4.26. The molecular formula is C10H11N3O3. The van der Waals surface area contributed by atoms with Gasteiger partial charge in [-0.1, -0.05) is 0 Å². The fourth-order valence-electron chi connectivity index (χ4n) is 1.65. The van der Waals surface area contributed by atoms with E-state index < -0.39 is 5.97 Å². The van der Waals surface area contributed by atoms with E-state index in [-0.39, 0.29) is 11.7 Å². The average Bonchev–Trinajstić information content (AvgIpc) is 2.30. The molecule has 1 saturated heterocycles. The van der Waals surface area contributed by atoms with Crippen molar-refractivity contribution in [2.24, 2.45) is 0 Å². The van der Waals surface area contributed by atoms with Gasteiger partial charge in [0, 0.05) is 13.0 Å². The molecule has 0 saturated carbocycles. The molecule has 1 aliphatic rings. The Morgan fingerprint density at radius 1 is 1.31 bits per heavy atom. The van der Waals surface area contributed by atoms with Crippen LogP contribution in [0, 0.1) is 0 Å². The van der Waals surface area contributed by atoms with Crippen LogP contribution in [0.5, 0.6) is 0 Å². The van der Waals surface area contributed by atoms with Crippen molar-refractivity contribution < 1.29 is 14.7 Å². The summed E-state index contributed by atoms with van der Waals surface area (Å²) in [6, 6.07) is 0. The molecule has 6 heteroatoms. The SMILES string of the molecule is O=C(O)c1ncc(N2CCCCC2=O)cn1. The van der Waals surface area contributed by atoms with Crippen LogP contribution in [-0.2, 0) is 4.79 Å². The van der Waals surface area contributed by atoms with Crippen LogP contribution in [0.2, 0.25) is 0 Å². The Morgan fingerprint density at radius 2 is 2.00 bits per heavy atom. The van der Waals surface area contributed by atoms with Crippen LogP contribution in [0.3, 0.4) is 0 Å². The highest BCUT2D eigenvalue weighted by Gasteiger charge is 2.20. The minimum absolute atomic E-state index is 0.0397. The van der Waals surface area contributed by atoms with Crippen LogP contribution in [-0.4, -0.2) is 33.5 Å². The lowest BCUT2D eigenvalue weighted by Crippen LogP contribution is -2.35. The Balaban J connectivity index is 2.20. The highest BCUT2D eigenvalue weighted by Crippen LogP contribution is 2.18. The second-order valence-corrected chi connectivity index (χ2v) is 3.57. The second-order valence-electron chi connectivity index (χ2n) is 3.57. The van der Waals surface area contributed by atoms with Crippen molar-refractivity contribution in [1.29, 1.82) is 0 Å². The van der Waals surface area contributed by atoms with Gasteiger partial charge in [-0.3, -0.25) is 4.79 Å². The van der Waals surface area contributed by atoms with Crippen LogP contribution in [0.1, 0.15) is 29.9 Å². The molecule has 0 aromatic carbocycles. The molecule has 0 aliphatic carbocycles. The van der Waals surface area contributed by atoms with E-state index in [4.69, 9.17) is 5.11 Å². The molecule has 1 aliphatic heterocycles. The van der Waals surface area contributed by atoms with Crippen molar-refractivity contribution in [3.63, 3.8) is 0 Å². The van der Waals surface area contributed by atoms with Gasteiger partial charge in [0.15, 0.2) is 0 Å². The average molecular weight is 221 g/mol. The molecule has 0 radical (unpaired) electrons. The molecule has 1 fully saturated rings. The van der Waals surface area contributed by atoms with Gasteiger partial charge in [0.2, 0.25) is 11.7 Å². The number of carboxylic acid groups (broad SMARTS) is 1. The summed E-state index contributed by atoms with van der Waals surface area (Å²) in [4.78, 5) is 31.1. The summed E-state index contributed by atoms with van der Waals surface area (Å²) in [7, 11) is 0. The van der Waals surface area contributed by atoms with Gasteiger partial charge in [0.05, 0.1) is 18.1 Å². The quantitative estimate of drug-likeness (QED) is 0.794. The molecule has 0 atom stereocenters. The third kappa shape index (κ3) is 2.00. The Kier molecular flexibility index (Phi) is 2.80. The maximum absolute atomic E-state index is 11.6. The molecule has 2 rings (SSSR count). The lowest BCUT2D eigenvalue weighted by atomic mass is 10.1. The van der Waals surface area contributed by atoms with Gasteiger partial charge in [-0.05, 0) is 12.8 Å². The topological polar surface area (TPSA) is 83.4 Å². The van der Waals surface area contributed by atoms with Gasteiger partial charge in [-0.15, -0.1) is 0 Å². The van der Waals surface area contributed by atoms with E-state index in [0.29, 0.717) is 18.7 Å². The third-order valence-corrected chi connectivity index (χ3v) is 2.46. The molecule has 0 unspecified atom stereocenters. The largest absolute Gasteiger partial charge is 0.475 e. The highest BCUT2D eigenvalue weighted by atomic mass is 16.4. The van der Waals surface area contributed by atoms with E-state index >= 15 is 0 Å². The van der Waals surface area contributed by atoms with Crippen LogP contribution in [0.15, 0.2) is 12.4 Å². The summed E-state index contributed by atoms with van der Waals surface area (Å²) in [6.45, 7) is 0.647. The molecule has 1 amide bonds. The van der Waals surface area contributed by atoms with Crippen molar-refractivity contribution in [2.75, 3.05) is 11.4 Å². The molecule has 1 aromatic heterocycles.